The third-order valence-corrected chi connectivity index (χ3v) is 2.61. The Morgan fingerprint density at radius 2 is 2.47 bits per heavy atom. The van der Waals surface area contributed by atoms with E-state index in [2.05, 4.69) is 16.6 Å². The Balaban J connectivity index is 2.32. The summed E-state index contributed by atoms with van der Waals surface area (Å²) in [5, 5.41) is 16.3. The van der Waals surface area contributed by atoms with Crippen molar-refractivity contribution in [2.75, 3.05) is 12.0 Å². The van der Waals surface area contributed by atoms with Crippen LogP contribution in [0, 0.1) is 0 Å². The molecule has 15 heavy (non-hydrogen) atoms. The maximum atomic E-state index is 10.3. The van der Waals surface area contributed by atoms with E-state index in [9.17, 15) is 4.79 Å². The summed E-state index contributed by atoms with van der Waals surface area (Å²) in [4.78, 5) is 10.3. The van der Waals surface area contributed by atoms with Crippen molar-refractivity contribution >= 4 is 17.7 Å². The smallest absolute Gasteiger partial charge is 0.303 e. The second-order valence-corrected chi connectivity index (χ2v) is 4.20. The molecule has 1 aromatic rings. The molecule has 1 heterocycles. The lowest BCUT2D eigenvalue weighted by molar-refractivity contribution is -0.136. The first-order valence-electron chi connectivity index (χ1n) is 4.82. The molecule has 0 aliphatic carbocycles. The molecule has 0 saturated carbocycles. The van der Waals surface area contributed by atoms with Gasteiger partial charge in [0.15, 0.2) is 0 Å². The monoisotopic (exact) mass is 229 g/mol. The molecule has 0 amide bonds. The van der Waals surface area contributed by atoms with E-state index in [1.54, 1.807) is 16.4 Å². The predicted molar refractivity (Wildman–Crippen MR) is 59.0 cm³/mol. The standard InChI is InChI=1S/C9H15N3O2S/c1-15-6-2-5-12-7-8(10-11-12)3-4-9(13)14/h7H,2-6H2,1H3,(H,13,14). The van der Waals surface area contributed by atoms with E-state index >= 15 is 0 Å². The van der Waals surface area contributed by atoms with Gasteiger partial charge in [-0.25, -0.2) is 0 Å². The Bertz CT molecular complexity index is 314. The summed E-state index contributed by atoms with van der Waals surface area (Å²) < 4.78 is 1.77. The molecule has 0 aliphatic heterocycles. The first kappa shape index (κ1) is 12.0. The summed E-state index contributed by atoms with van der Waals surface area (Å²) >= 11 is 1.80. The van der Waals surface area contributed by atoms with Crippen LogP contribution in [0.15, 0.2) is 6.20 Å². The average Bonchev–Trinajstić information content (AvgIpc) is 2.63. The molecule has 0 radical (unpaired) electrons. The summed E-state index contributed by atoms with van der Waals surface area (Å²) in [6, 6.07) is 0. The number of carboxylic acid groups (broad SMARTS) is 1. The van der Waals surface area contributed by atoms with Crippen molar-refractivity contribution in [2.45, 2.75) is 25.8 Å². The first-order valence-corrected chi connectivity index (χ1v) is 6.21. The van der Waals surface area contributed by atoms with Gasteiger partial charge in [-0.15, -0.1) is 5.10 Å². The zero-order valence-corrected chi connectivity index (χ0v) is 9.53. The first-order chi connectivity index (χ1) is 7.22. The number of nitrogens with zero attached hydrogens (tertiary/aromatic N) is 3. The van der Waals surface area contributed by atoms with Crippen molar-refractivity contribution < 1.29 is 9.90 Å². The van der Waals surface area contributed by atoms with E-state index in [-0.39, 0.29) is 6.42 Å². The van der Waals surface area contributed by atoms with Crippen LogP contribution >= 0.6 is 11.8 Å². The number of rotatable bonds is 7. The van der Waals surface area contributed by atoms with Gasteiger partial charge in [-0.05, 0) is 18.4 Å². The van der Waals surface area contributed by atoms with Crippen LogP contribution in [0.4, 0.5) is 0 Å². The van der Waals surface area contributed by atoms with Gasteiger partial charge < -0.3 is 5.11 Å². The van der Waals surface area contributed by atoms with Crippen LogP contribution in [0.25, 0.3) is 0 Å². The van der Waals surface area contributed by atoms with Crippen LogP contribution in [0.1, 0.15) is 18.5 Å². The Morgan fingerprint density at radius 1 is 1.67 bits per heavy atom. The predicted octanol–water partition coefficient (Wildman–Crippen LogP) is 1.05. The van der Waals surface area contributed by atoms with Crippen molar-refractivity contribution in [3.05, 3.63) is 11.9 Å². The molecular weight excluding hydrogens is 214 g/mol. The third kappa shape index (κ3) is 4.83. The Hall–Kier alpha value is -1.04. The van der Waals surface area contributed by atoms with Crippen molar-refractivity contribution in [3.8, 4) is 0 Å². The van der Waals surface area contributed by atoms with Crippen LogP contribution < -0.4 is 0 Å². The maximum absolute atomic E-state index is 10.3. The van der Waals surface area contributed by atoms with Crippen LogP contribution in [-0.2, 0) is 17.8 Å². The van der Waals surface area contributed by atoms with Gasteiger partial charge in [-0.3, -0.25) is 9.48 Å². The van der Waals surface area contributed by atoms with Crippen molar-refractivity contribution in [1.82, 2.24) is 15.0 Å². The van der Waals surface area contributed by atoms with E-state index in [0.29, 0.717) is 6.42 Å². The lowest BCUT2D eigenvalue weighted by Crippen LogP contribution is -1.99. The number of aliphatic carboxylic acids is 1. The van der Waals surface area contributed by atoms with E-state index in [1.807, 2.05) is 6.20 Å². The molecule has 5 nitrogen and oxygen atoms in total. The minimum absolute atomic E-state index is 0.115. The van der Waals surface area contributed by atoms with Gasteiger partial charge in [-0.2, -0.15) is 11.8 Å². The van der Waals surface area contributed by atoms with E-state index in [4.69, 9.17) is 5.11 Å². The fraction of sp³-hybridized carbons (Fsp3) is 0.667. The van der Waals surface area contributed by atoms with Gasteiger partial charge in [0.2, 0.25) is 0 Å². The normalized spacial score (nSPS) is 10.5. The molecule has 0 unspecified atom stereocenters. The molecule has 0 fully saturated rings. The van der Waals surface area contributed by atoms with Gasteiger partial charge in [0.05, 0.1) is 12.1 Å². The second-order valence-electron chi connectivity index (χ2n) is 3.21. The maximum Gasteiger partial charge on any atom is 0.303 e. The summed E-state index contributed by atoms with van der Waals surface area (Å²) in [5.41, 5.74) is 0.751. The topological polar surface area (TPSA) is 68.0 Å². The largest absolute Gasteiger partial charge is 0.481 e. The van der Waals surface area contributed by atoms with E-state index in [1.165, 1.54) is 0 Å². The number of carboxylic acids is 1. The molecule has 0 spiro atoms. The highest BCUT2D eigenvalue weighted by molar-refractivity contribution is 7.98. The number of aryl methyl sites for hydroxylation is 2. The molecule has 1 rings (SSSR count). The third-order valence-electron chi connectivity index (χ3n) is 1.92. The van der Waals surface area contributed by atoms with Gasteiger partial charge in [0.1, 0.15) is 0 Å². The van der Waals surface area contributed by atoms with Gasteiger partial charge in [0, 0.05) is 19.2 Å². The molecule has 0 aromatic carbocycles. The Labute approximate surface area is 92.9 Å². The highest BCUT2D eigenvalue weighted by Crippen LogP contribution is 2.01. The van der Waals surface area contributed by atoms with Gasteiger partial charge in [0.25, 0.3) is 0 Å². The lowest BCUT2D eigenvalue weighted by atomic mass is 10.2. The molecule has 0 atom stereocenters. The van der Waals surface area contributed by atoms with Gasteiger partial charge >= 0.3 is 5.97 Å². The van der Waals surface area contributed by atoms with Gasteiger partial charge in [-0.1, -0.05) is 5.21 Å². The van der Waals surface area contributed by atoms with Crippen molar-refractivity contribution in [2.24, 2.45) is 0 Å². The minimum Gasteiger partial charge on any atom is -0.481 e. The second kappa shape index (κ2) is 6.44. The molecule has 0 bridgehead atoms. The van der Waals surface area contributed by atoms with Crippen molar-refractivity contribution in [1.29, 1.82) is 0 Å². The number of thioether (sulfide) groups is 1. The van der Waals surface area contributed by atoms with E-state index in [0.717, 1.165) is 24.4 Å². The van der Waals surface area contributed by atoms with E-state index < -0.39 is 5.97 Å². The van der Waals surface area contributed by atoms with Crippen LogP contribution in [0.2, 0.25) is 0 Å². The molecule has 0 saturated heterocycles. The quantitative estimate of drug-likeness (QED) is 0.708. The van der Waals surface area contributed by atoms with Crippen LogP contribution in [-0.4, -0.2) is 38.1 Å². The number of hydrogen-bond donors (Lipinski definition) is 1. The fourth-order valence-corrected chi connectivity index (χ4v) is 1.59. The fourth-order valence-electron chi connectivity index (χ4n) is 1.17. The highest BCUT2D eigenvalue weighted by Gasteiger charge is 2.03. The SMILES string of the molecule is CSCCCn1cc(CCC(=O)O)nn1. The molecule has 1 aromatic heterocycles. The summed E-state index contributed by atoms with van der Waals surface area (Å²) in [6.07, 6.45) is 5.52. The average molecular weight is 229 g/mol. The minimum atomic E-state index is -0.799. The number of hydrogen-bond acceptors (Lipinski definition) is 4. The molecule has 1 N–H and O–H groups in total. The van der Waals surface area contributed by atoms with Crippen molar-refractivity contribution in [3.63, 3.8) is 0 Å². The molecule has 84 valence electrons. The summed E-state index contributed by atoms with van der Waals surface area (Å²) in [5.74, 6) is 0.302. The lowest BCUT2D eigenvalue weighted by Gasteiger charge is -1.97. The molecule has 6 heteroatoms. The zero-order chi connectivity index (χ0) is 11.1. The Kier molecular flexibility index (Phi) is 5.17. The highest BCUT2D eigenvalue weighted by atomic mass is 32.2. The number of carbonyl (C=O) groups is 1. The zero-order valence-electron chi connectivity index (χ0n) is 8.72. The molecular formula is C9H15N3O2S. The number of aromatic nitrogens is 3. The van der Waals surface area contributed by atoms with Crippen LogP contribution in [0.5, 0.6) is 0 Å². The molecule has 0 aliphatic rings. The Morgan fingerprint density at radius 3 is 3.13 bits per heavy atom. The van der Waals surface area contributed by atoms with Crippen LogP contribution in [0.3, 0.4) is 0 Å². The summed E-state index contributed by atoms with van der Waals surface area (Å²) in [6.45, 7) is 0.848. The summed E-state index contributed by atoms with van der Waals surface area (Å²) in [7, 11) is 0.